The van der Waals surface area contributed by atoms with Crippen molar-refractivity contribution in [3.05, 3.63) is 83.4 Å². The van der Waals surface area contributed by atoms with Crippen LogP contribution in [0.2, 0.25) is 5.02 Å². The van der Waals surface area contributed by atoms with E-state index in [1.807, 2.05) is 48.5 Å². The van der Waals surface area contributed by atoms with Gasteiger partial charge in [0.05, 0.1) is 26.2 Å². The molecule has 1 saturated heterocycles. The highest BCUT2D eigenvalue weighted by Gasteiger charge is 2.26. The highest BCUT2D eigenvalue weighted by Crippen LogP contribution is 2.23. The first-order chi connectivity index (χ1) is 19.5. The maximum Gasteiger partial charge on any atom is 0.223 e. The van der Waals surface area contributed by atoms with Crippen molar-refractivity contribution in [2.75, 3.05) is 46.6 Å². The second-order valence-electron chi connectivity index (χ2n) is 9.62. The van der Waals surface area contributed by atoms with Crippen molar-refractivity contribution in [2.24, 2.45) is 0 Å². The number of amides is 1. The van der Waals surface area contributed by atoms with Crippen LogP contribution in [0.1, 0.15) is 30.9 Å². The van der Waals surface area contributed by atoms with E-state index in [9.17, 15) is 9.90 Å². The number of likely N-dealkylation sites (tertiary alicyclic amines) is 1. The number of hydrogen-bond acceptors (Lipinski definition) is 7. The first-order valence-corrected chi connectivity index (χ1v) is 14.0. The Balaban J connectivity index is 1.26. The molecule has 4 rings (SSSR count). The van der Waals surface area contributed by atoms with Gasteiger partial charge in [0, 0.05) is 11.6 Å². The molecule has 3 aromatic rings. The number of methoxy groups -OCH3 is 1. The first kappa shape index (κ1) is 29.5. The molecule has 1 fully saturated rings. The van der Waals surface area contributed by atoms with Gasteiger partial charge in [-0.2, -0.15) is 0 Å². The summed E-state index contributed by atoms with van der Waals surface area (Å²) in [5.41, 5.74) is 0.712. The SMILES string of the molecule is COc1ccc(OCCC(=O)N[C@H](CN2CCCC2)[C@H](O)c2ccc(OCCOc3ccc(Cl)cc3)cc2)cc1. The second-order valence-corrected chi connectivity index (χ2v) is 10.1. The number of benzene rings is 3. The zero-order valence-electron chi connectivity index (χ0n) is 22.8. The van der Waals surface area contributed by atoms with Crippen LogP contribution >= 0.6 is 11.6 Å². The summed E-state index contributed by atoms with van der Waals surface area (Å²) in [6, 6.07) is 21.2. The van der Waals surface area contributed by atoms with Gasteiger partial charge in [0.1, 0.15) is 42.3 Å². The minimum absolute atomic E-state index is 0.169. The lowest BCUT2D eigenvalue weighted by Gasteiger charge is -2.29. The van der Waals surface area contributed by atoms with Crippen molar-refractivity contribution < 1.29 is 28.8 Å². The molecule has 214 valence electrons. The molecular weight excluding hydrogens is 532 g/mol. The summed E-state index contributed by atoms with van der Waals surface area (Å²) in [6.07, 6.45) is 1.56. The second kappa shape index (κ2) is 15.4. The van der Waals surface area contributed by atoms with Gasteiger partial charge in [0.15, 0.2) is 0 Å². The molecular formula is C31H37ClN2O6. The Morgan fingerprint density at radius 2 is 1.32 bits per heavy atom. The number of carbonyl (C=O) groups excluding carboxylic acids is 1. The molecule has 2 atom stereocenters. The summed E-state index contributed by atoms with van der Waals surface area (Å²) in [6.45, 7) is 3.50. The number of hydrogen-bond donors (Lipinski definition) is 2. The normalized spacial score (nSPS) is 14.8. The molecule has 3 aromatic carbocycles. The number of rotatable bonds is 15. The van der Waals surface area contributed by atoms with Crippen LogP contribution in [0.5, 0.6) is 23.0 Å². The summed E-state index contributed by atoms with van der Waals surface area (Å²) in [7, 11) is 1.61. The highest BCUT2D eigenvalue weighted by molar-refractivity contribution is 6.30. The van der Waals surface area contributed by atoms with Crippen LogP contribution < -0.4 is 24.3 Å². The monoisotopic (exact) mass is 568 g/mol. The van der Waals surface area contributed by atoms with Crippen molar-refractivity contribution in [3.63, 3.8) is 0 Å². The van der Waals surface area contributed by atoms with Crippen LogP contribution in [0.15, 0.2) is 72.8 Å². The van der Waals surface area contributed by atoms with E-state index in [2.05, 4.69) is 10.2 Å². The summed E-state index contributed by atoms with van der Waals surface area (Å²) in [5.74, 6) is 2.64. The Kier molecular flexibility index (Phi) is 11.3. The number of carbonyl (C=O) groups is 1. The Labute approximate surface area is 240 Å². The van der Waals surface area contributed by atoms with Crippen molar-refractivity contribution in [3.8, 4) is 23.0 Å². The molecule has 8 nitrogen and oxygen atoms in total. The molecule has 2 N–H and O–H groups in total. The van der Waals surface area contributed by atoms with Gasteiger partial charge in [-0.1, -0.05) is 23.7 Å². The van der Waals surface area contributed by atoms with E-state index in [0.717, 1.165) is 37.4 Å². The van der Waals surface area contributed by atoms with Gasteiger partial charge in [-0.25, -0.2) is 0 Å². The minimum Gasteiger partial charge on any atom is -0.497 e. The van der Waals surface area contributed by atoms with Crippen molar-refractivity contribution in [1.29, 1.82) is 0 Å². The van der Waals surface area contributed by atoms with E-state index in [-0.39, 0.29) is 18.9 Å². The van der Waals surface area contributed by atoms with Gasteiger partial charge in [-0.05, 0) is 92.2 Å². The predicted octanol–water partition coefficient (Wildman–Crippen LogP) is 4.89. The lowest BCUT2D eigenvalue weighted by Crippen LogP contribution is -2.47. The number of nitrogens with zero attached hydrogens (tertiary/aromatic N) is 1. The van der Waals surface area contributed by atoms with E-state index >= 15 is 0 Å². The van der Waals surface area contributed by atoms with Crippen LogP contribution in [0.25, 0.3) is 0 Å². The van der Waals surface area contributed by atoms with E-state index in [1.54, 1.807) is 31.4 Å². The molecule has 1 amide bonds. The van der Waals surface area contributed by atoms with Gasteiger partial charge >= 0.3 is 0 Å². The molecule has 0 unspecified atom stereocenters. The molecule has 1 aliphatic heterocycles. The molecule has 0 spiro atoms. The van der Waals surface area contributed by atoms with Crippen LogP contribution in [-0.4, -0.2) is 68.5 Å². The highest BCUT2D eigenvalue weighted by atomic mass is 35.5. The van der Waals surface area contributed by atoms with Crippen LogP contribution in [0, 0.1) is 0 Å². The maximum absolute atomic E-state index is 12.8. The van der Waals surface area contributed by atoms with E-state index in [0.29, 0.717) is 41.8 Å². The smallest absolute Gasteiger partial charge is 0.223 e. The average molecular weight is 569 g/mol. The van der Waals surface area contributed by atoms with E-state index in [4.69, 9.17) is 30.5 Å². The zero-order chi connectivity index (χ0) is 28.2. The van der Waals surface area contributed by atoms with E-state index in [1.165, 1.54) is 0 Å². The average Bonchev–Trinajstić information content (AvgIpc) is 3.49. The predicted molar refractivity (Wildman–Crippen MR) is 155 cm³/mol. The Morgan fingerprint density at radius 1 is 0.825 bits per heavy atom. The molecule has 1 heterocycles. The van der Waals surface area contributed by atoms with Gasteiger partial charge in [-0.3, -0.25) is 4.79 Å². The molecule has 0 aromatic heterocycles. The molecule has 0 bridgehead atoms. The number of nitrogens with one attached hydrogen (secondary N) is 1. The Bertz CT molecular complexity index is 1170. The number of aliphatic hydroxyl groups is 1. The lowest BCUT2D eigenvalue weighted by atomic mass is 10.0. The lowest BCUT2D eigenvalue weighted by molar-refractivity contribution is -0.123. The van der Waals surface area contributed by atoms with Crippen molar-refractivity contribution >= 4 is 17.5 Å². The standard InChI is InChI=1S/C31H37ClN2O6/c1-37-25-12-14-28(15-13-25)38-19-16-30(35)33-29(22-34-17-2-3-18-34)31(36)23-4-8-26(9-5-23)39-20-21-40-27-10-6-24(32)7-11-27/h4-15,29,31,36H,2-3,16-22H2,1H3,(H,33,35)/t29-,31-/m1/s1. The van der Waals surface area contributed by atoms with Gasteiger partial charge in [0.2, 0.25) is 5.91 Å². The topological polar surface area (TPSA) is 89.5 Å². The molecule has 1 aliphatic rings. The quantitative estimate of drug-likeness (QED) is 0.252. The Morgan fingerprint density at radius 3 is 1.90 bits per heavy atom. The van der Waals surface area contributed by atoms with Gasteiger partial charge in [-0.15, -0.1) is 0 Å². The zero-order valence-corrected chi connectivity index (χ0v) is 23.5. The van der Waals surface area contributed by atoms with Gasteiger partial charge in [0.25, 0.3) is 0 Å². The molecule has 40 heavy (non-hydrogen) atoms. The fraction of sp³-hybridized carbons (Fsp3) is 0.387. The molecule has 0 saturated carbocycles. The van der Waals surface area contributed by atoms with Gasteiger partial charge < -0.3 is 34.3 Å². The van der Waals surface area contributed by atoms with E-state index < -0.39 is 12.1 Å². The van der Waals surface area contributed by atoms with Crippen molar-refractivity contribution in [2.45, 2.75) is 31.4 Å². The fourth-order valence-electron chi connectivity index (χ4n) is 4.52. The van der Waals surface area contributed by atoms with Crippen LogP contribution in [-0.2, 0) is 4.79 Å². The van der Waals surface area contributed by atoms with Crippen molar-refractivity contribution in [1.82, 2.24) is 10.2 Å². The summed E-state index contributed by atoms with van der Waals surface area (Å²) in [5, 5.41) is 14.9. The third-order valence-corrected chi connectivity index (χ3v) is 6.95. The maximum atomic E-state index is 12.8. The Hall–Kier alpha value is -3.46. The van der Waals surface area contributed by atoms with Crippen LogP contribution in [0.3, 0.4) is 0 Å². The first-order valence-electron chi connectivity index (χ1n) is 13.6. The van der Waals surface area contributed by atoms with Crippen LogP contribution in [0.4, 0.5) is 0 Å². The third-order valence-electron chi connectivity index (χ3n) is 6.69. The summed E-state index contributed by atoms with van der Waals surface area (Å²) < 4.78 is 22.3. The molecule has 0 aliphatic carbocycles. The minimum atomic E-state index is -0.866. The largest absolute Gasteiger partial charge is 0.497 e. The number of halogens is 1. The molecule has 0 radical (unpaired) electrons. The number of ether oxygens (including phenoxy) is 4. The fourth-order valence-corrected chi connectivity index (χ4v) is 4.65. The summed E-state index contributed by atoms with van der Waals surface area (Å²) in [4.78, 5) is 15.1. The third kappa shape index (κ3) is 9.33. The molecule has 9 heteroatoms. The summed E-state index contributed by atoms with van der Waals surface area (Å²) >= 11 is 5.89. The number of aliphatic hydroxyl groups excluding tert-OH is 1.